The van der Waals surface area contributed by atoms with Crippen LogP contribution in [0, 0.1) is 11.2 Å². The highest BCUT2D eigenvalue weighted by Gasteiger charge is 2.52. The van der Waals surface area contributed by atoms with E-state index in [9.17, 15) is 9.18 Å². The average Bonchev–Trinajstić information content (AvgIpc) is 3.03. The van der Waals surface area contributed by atoms with Crippen LogP contribution in [0.2, 0.25) is 5.02 Å². The van der Waals surface area contributed by atoms with E-state index in [2.05, 4.69) is 21.2 Å². The first kappa shape index (κ1) is 13.7. The van der Waals surface area contributed by atoms with Crippen molar-refractivity contribution in [1.82, 2.24) is 0 Å². The molecule has 1 aromatic carbocycles. The smallest absolute Gasteiger partial charge is 0.237 e. The predicted octanol–water partition coefficient (Wildman–Crippen LogP) is 3.25. The highest BCUT2D eigenvalue weighted by atomic mass is 79.9. The minimum Gasteiger partial charge on any atom is -0.392 e. The Morgan fingerprint density at radius 3 is 2.61 bits per heavy atom. The molecule has 96 valence electrons. The Kier molecular flexibility index (Phi) is 3.62. The average molecular weight is 352 g/mol. The van der Waals surface area contributed by atoms with E-state index in [-0.39, 0.29) is 15.9 Å². The Labute approximate surface area is 122 Å². The summed E-state index contributed by atoms with van der Waals surface area (Å²) in [4.78, 5) is 12.3. The van der Waals surface area contributed by atoms with E-state index in [4.69, 9.17) is 29.6 Å². The highest BCUT2D eigenvalue weighted by Crippen LogP contribution is 2.47. The fourth-order valence-corrected chi connectivity index (χ4v) is 2.80. The Morgan fingerprint density at radius 2 is 2.17 bits per heavy atom. The minimum atomic E-state index is -0.771. The molecule has 0 bridgehead atoms. The summed E-state index contributed by atoms with van der Waals surface area (Å²) < 4.78 is 13.4. The summed E-state index contributed by atoms with van der Waals surface area (Å²) in [5.74, 6) is -0.787. The largest absolute Gasteiger partial charge is 0.392 e. The van der Waals surface area contributed by atoms with E-state index in [1.54, 1.807) is 0 Å². The molecule has 2 rings (SSSR count). The lowest BCUT2D eigenvalue weighted by Gasteiger charge is -2.15. The van der Waals surface area contributed by atoms with Crippen molar-refractivity contribution >= 4 is 56.3 Å². The molecule has 3 N–H and O–H groups in total. The van der Waals surface area contributed by atoms with E-state index in [1.807, 2.05) is 0 Å². The number of hydrogen-bond acceptors (Lipinski definition) is 2. The van der Waals surface area contributed by atoms with Gasteiger partial charge in [-0.2, -0.15) is 0 Å². The lowest BCUT2D eigenvalue weighted by Crippen LogP contribution is -2.35. The molecule has 7 heteroatoms. The lowest BCUT2D eigenvalue weighted by molar-refractivity contribution is -0.118. The Balaban J connectivity index is 2.26. The number of halogens is 3. The van der Waals surface area contributed by atoms with E-state index < -0.39 is 11.2 Å². The first-order valence-corrected chi connectivity index (χ1v) is 6.70. The second-order valence-electron chi connectivity index (χ2n) is 4.14. The molecule has 1 fully saturated rings. The van der Waals surface area contributed by atoms with Crippen molar-refractivity contribution in [3.8, 4) is 0 Å². The van der Waals surface area contributed by atoms with Crippen molar-refractivity contribution in [3.05, 3.63) is 27.4 Å². The lowest BCUT2D eigenvalue weighted by atomic mass is 10.1. The Bertz CT molecular complexity index is 525. The molecule has 0 saturated heterocycles. The van der Waals surface area contributed by atoms with Gasteiger partial charge in [0, 0.05) is 4.47 Å². The first-order valence-electron chi connectivity index (χ1n) is 5.13. The number of amides is 1. The zero-order valence-corrected chi connectivity index (χ0v) is 12.3. The maximum atomic E-state index is 13.1. The van der Waals surface area contributed by atoms with Crippen molar-refractivity contribution < 1.29 is 9.18 Å². The van der Waals surface area contributed by atoms with Gasteiger partial charge in [0.25, 0.3) is 0 Å². The molecular weight excluding hydrogens is 343 g/mol. The standard InChI is InChI=1S/C11H9BrClFN2OS/c12-6-3-5(14)4-7(13)8(6)16-10(17)11(1-2-11)9(15)18/h3-4H,1-2H2,(H2,15,18)(H,16,17). The van der Waals surface area contributed by atoms with E-state index in [0.717, 1.165) is 6.07 Å². The normalized spacial score (nSPS) is 16.2. The summed E-state index contributed by atoms with van der Waals surface area (Å²) in [5, 5.41) is 2.76. The number of thiocarbonyl (C=S) groups is 1. The van der Waals surface area contributed by atoms with Crippen molar-refractivity contribution in [2.24, 2.45) is 11.1 Å². The molecular formula is C11H9BrClFN2OS. The van der Waals surface area contributed by atoms with Crippen LogP contribution in [0.4, 0.5) is 10.1 Å². The first-order chi connectivity index (χ1) is 8.36. The van der Waals surface area contributed by atoms with Gasteiger partial charge in [-0.05, 0) is 40.9 Å². The molecule has 1 aliphatic rings. The fraction of sp³-hybridized carbons (Fsp3) is 0.273. The number of rotatable bonds is 3. The zero-order chi connectivity index (χ0) is 13.5. The van der Waals surface area contributed by atoms with Crippen LogP contribution in [0.15, 0.2) is 16.6 Å². The second kappa shape index (κ2) is 4.75. The molecule has 1 saturated carbocycles. The zero-order valence-electron chi connectivity index (χ0n) is 9.10. The van der Waals surface area contributed by atoms with Gasteiger partial charge in [0.05, 0.1) is 21.1 Å². The number of nitrogens with one attached hydrogen (secondary N) is 1. The number of carbonyl (C=O) groups is 1. The second-order valence-corrected chi connectivity index (χ2v) is 5.85. The van der Waals surface area contributed by atoms with Crippen LogP contribution in [0.5, 0.6) is 0 Å². The molecule has 0 radical (unpaired) electrons. The summed E-state index contributed by atoms with van der Waals surface area (Å²) in [6, 6.07) is 2.35. The van der Waals surface area contributed by atoms with Gasteiger partial charge >= 0.3 is 0 Å². The van der Waals surface area contributed by atoms with E-state index >= 15 is 0 Å². The maximum absolute atomic E-state index is 13.1. The SMILES string of the molecule is NC(=S)C1(C(=O)Nc2c(Cl)cc(F)cc2Br)CC1. The topological polar surface area (TPSA) is 55.1 Å². The maximum Gasteiger partial charge on any atom is 0.237 e. The molecule has 0 atom stereocenters. The van der Waals surface area contributed by atoms with Gasteiger partial charge in [-0.15, -0.1) is 0 Å². The van der Waals surface area contributed by atoms with Crippen LogP contribution in [0.25, 0.3) is 0 Å². The quantitative estimate of drug-likeness (QED) is 0.822. The van der Waals surface area contributed by atoms with Gasteiger partial charge < -0.3 is 11.1 Å². The number of anilines is 1. The van der Waals surface area contributed by atoms with E-state index in [0.29, 0.717) is 23.0 Å². The van der Waals surface area contributed by atoms with E-state index in [1.165, 1.54) is 6.07 Å². The highest BCUT2D eigenvalue weighted by molar-refractivity contribution is 9.10. The summed E-state index contributed by atoms with van der Waals surface area (Å²) in [5.41, 5.74) is 5.11. The predicted molar refractivity (Wildman–Crippen MR) is 76.2 cm³/mol. The molecule has 0 heterocycles. The molecule has 18 heavy (non-hydrogen) atoms. The third-order valence-electron chi connectivity index (χ3n) is 2.90. The number of nitrogens with two attached hydrogens (primary N) is 1. The monoisotopic (exact) mass is 350 g/mol. The molecule has 0 aromatic heterocycles. The summed E-state index contributed by atoms with van der Waals surface area (Å²) >= 11 is 13.9. The van der Waals surface area contributed by atoms with Gasteiger partial charge in [-0.25, -0.2) is 4.39 Å². The van der Waals surface area contributed by atoms with Crippen molar-refractivity contribution in [3.63, 3.8) is 0 Å². The van der Waals surface area contributed by atoms with Crippen molar-refractivity contribution in [1.29, 1.82) is 0 Å². The van der Waals surface area contributed by atoms with Crippen LogP contribution in [0.1, 0.15) is 12.8 Å². The molecule has 1 aliphatic carbocycles. The molecule has 1 aromatic rings. The summed E-state index contributed by atoms with van der Waals surface area (Å²) in [7, 11) is 0. The van der Waals surface area contributed by atoms with Gasteiger partial charge in [-0.3, -0.25) is 4.79 Å². The van der Waals surface area contributed by atoms with Crippen LogP contribution >= 0.6 is 39.7 Å². The van der Waals surface area contributed by atoms with Gasteiger partial charge in [0.1, 0.15) is 5.82 Å². The summed E-state index contributed by atoms with van der Waals surface area (Å²) in [6.45, 7) is 0. The van der Waals surface area contributed by atoms with Gasteiger partial charge in [-0.1, -0.05) is 23.8 Å². The van der Waals surface area contributed by atoms with Crippen LogP contribution in [0.3, 0.4) is 0 Å². The number of benzene rings is 1. The van der Waals surface area contributed by atoms with Crippen molar-refractivity contribution in [2.45, 2.75) is 12.8 Å². The third-order valence-corrected chi connectivity index (χ3v) is 4.22. The summed E-state index contributed by atoms with van der Waals surface area (Å²) in [6.07, 6.45) is 1.26. The van der Waals surface area contributed by atoms with Gasteiger partial charge in [0.15, 0.2) is 0 Å². The minimum absolute atomic E-state index is 0.119. The van der Waals surface area contributed by atoms with Crippen LogP contribution in [-0.4, -0.2) is 10.9 Å². The number of carbonyl (C=O) groups excluding carboxylic acids is 1. The molecule has 3 nitrogen and oxygen atoms in total. The fourth-order valence-electron chi connectivity index (χ4n) is 1.61. The third kappa shape index (κ3) is 2.37. The molecule has 1 amide bonds. The molecule has 0 spiro atoms. The Morgan fingerprint density at radius 1 is 1.56 bits per heavy atom. The molecule has 0 aliphatic heterocycles. The Hall–Kier alpha value is -0.720. The van der Waals surface area contributed by atoms with Crippen molar-refractivity contribution in [2.75, 3.05) is 5.32 Å². The van der Waals surface area contributed by atoms with Gasteiger partial charge in [0.2, 0.25) is 5.91 Å². The molecule has 0 unspecified atom stereocenters. The van der Waals surface area contributed by atoms with Crippen LogP contribution in [-0.2, 0) is 4.79 Å². The number of hydrogen-bond donors (Lipinski definition) is 2. The van der Waals surface area contributed by atoms with Crippen LogP contribution < -0.4 is 11.1 Å².